The van der Waals surface area contributed by atoms with Gasteiger partial charge >= 0.3 is 0 Å². The molecular weight excluding hydrogens is 204 g/mol. The molecule has 0 amide bonds. The molecule has 2 aromatic rings. The molecule has 1 aromatic carbocycles. The van der Waals surface area contributed by atoms with Gasteiger partial charge in [0, 0.05) is 12.0 Å². The molecule has 2 rings (SSSR count). The Morgan fingerprint density at radius 2 is 2.25 bits per heavy atom. The Hall–Kier alpha value is -2.04. The third-order valence-corrected chi connectivity index (χ3v) is 2.30. The van der Waals surface area contributed by atoms with E-state index in [0.29, 0.717) is 11.5 Å². The molecule has 0 unspecified atom stereocenters. The van der Waals surface area contributed by atoms with Gasteiger partial charge < -0.3 is 10.8 Å². The second-order valence-corrected chi connectivity index (χ2v) is 3.63. The lowest BCUT2D eigenvalue weighted by atomic mass is 10.2. The van der Waals surface area contributed by atoms with E-state index in [1.807, 2.05) is 0 Å². The van der Waals surface area contributed by atoms with Gasteiger partial charge in [0.25, 0.3) is 0 Å². The molecule has 1 aromatic heterocycles. The molecule has 0 aliphatic heterocycles. The van der Waals surface area contributed by atoms with Gasteiger partial charge in [-0.15, -0.1) is 0 Å². The maximum atomic E-state index is 9.31. The molecule has 0 saturated carbocycles. The van der Waals surface area contributed by atoms with Crippen LogP contribution in [-0.4, -0.2) is 20.3 Å². The van der Waals surface area contributed by atoms with Gasteiger partial charge in [-0.1, -0.05) is 6.92 Å². The van der Waals surface area contributed by atoms with Crippen LogP contribution in [0.15, 0.2) is 18.2 Å². The average molecular weight is 218 g/mol. The number of H-pyrrole nitrogens is 1. The van der Waals surface area contributed by atoms with Crippen LogP contribution in [-0.2, 0) is 6.42 Å². The second-order valence-electron chi connectivity index (χ2n) is 3.63. The zero-order valence-electron chi connectivity index (χ0n) is 9.07. The predicted molar refractivity (Wildman–Crippen MR) is 61.9 cm³/mol. The predicted octanol–water partition coefficient (Wildman–Crippen LogP) is 1.71. The summed E-state index contributed by atoms with van der Waals surface area (Å²) in [5.74, 6) is 1.55. The normalized spacial score (nSPS) is 10.6. The van der Waals surface area contributed by atoms with Crippen LogP contribution in [0.25, 0.3) is 11.4 Å². The van der Waals surface area contributed by atoms with Crippen LogP contribution in [0.4, 0.5) is 5.69 Å². The summed E-state index contributed by atoms with van der Waals surface area (Å²) in [6.45, 7) is 2.08. The number of nitrogens with one attached hydrogen (secondary N) is 1. The number of phenols is 1. The van der Waals surface area contributed by atoms with E-state index in [9.17, 15) is 5.11 Å². The van der Waals surface area contributed by atoms with Crippen molar-refractivity contribution in [3.63, 3.8) is 0 Å². The number of aryl methyl sites for hydroxylation is 1. The van der Waals surface area contributed by atoms with Crippen molar-refractivity contribution in [3.8, 4) is 17.1 Å². The number of aromatic hydroxyl groups is 1. The summed E-state index contributed by atoms with van der Waals surface area (Å²) in [4.78, 5) is 4.34. The fourth-order valence-electron chi connectivity index (χ4n) is 1.47. The summed E-state index contributed by atoms with van der Waals surface area (Å²) in [5.41, 5.74) is 6.74. The number of rotatable bonds is 3. The Bertz CT molecular complexity index is 492. The van der Waals surface area contributed by atoms with E-state index in [0.717, 1.165) is 24.2 Å². The van der Waals surface area contributed by atoms with Gasteiger partial charge in [0.2, 0.25) is 0 Å². The summed E-state index contributed by atoms with van der Waals surface area (Å²) in [6, 6.07) is 4.94. The summed E-state index contributed by atoms with van der Waals surface area (Å²) < 4.78 is 0. The molecule has 0 bridgehead atoms. The highest BCUT2D eigenvalue weighted by Crippen LogP contribution is 2.25. The standard InChI is InChI=1S/C11H14N4O/c1-2-3-10-13-11(15-14-10)7-4-5-9(16)8(12)6-7/h4-6,16H,2-3,12H2,1H3,(H,13,14,15). The third-order valence-electron chi connectivity index (χ3n) is 2.30. The highest BCUT2D eigenvalue weighted by molar-refractivity contribution is 5.65. The Morgan fingerprint density at radius 3 is 2.94 bits per heavy atom. The van der Waals surface area contributed by atoms with Crippen LogP contribution >= 0.6 is 0 Å². The molecule has 0 atom stereocenters. The van der Waals surface area contributed by atoms with E-state index in [-0.39, 0.29) is 5.75 Å². The first-order valence-corrected chi connectivity index (χ1v) is 5.21. The lowest BCUT2D eigenvalue weighted by Crippen LogP contribution is -1.88. The molecule has 5 nitrogen and oxygen atoms in total. The minimum atomic E-state index is 0.0769. The molecule has 0 aliphatic carbocycles. The summed E-state index contributed by atoms with van der Waals surface area (Å²) >= 11 is 0. The largest absolute Gasteiger partial charge is 0.506 e. The van der Waals surface area contributed by atoms with Crippen LogP contribution in [0.5, 0.6) is 5.75 Å². The first-order valence-electron chi connectivity index (χ1n) is 5.21. The molecule has 84 valence electrons. The zero-order chi connectivity index (χ0) is 11.5. The third kappa shape index (κ3) is 1.98. The average Bonchev–Trinajstić information content (AvgIpc) is 2.71. The molecule has 4 N–H and O–H groups in total. The van der Waals surface area contributed by atoms with Gasteiger partial charge in [-0.25, -0.2) is 4.98 Å². The van der Waals surface area contributed by atoms with Crippen molar-refractivity contribution in [3.05, 3.63) is 24.0 Å². The monoisotopic (exact) mass is 218 g/mol. The fraction of sp³-hybridized carbons (Fsp3) is 0.273. The first kappa shape index (κ1) is 10.5. The van der Waals surface area contributed by atoms with Crippen molar-refractivity contribution in [2.45, 2.75) is 19.8 Å². The minimum Gasteiger partial charge on any atom is -0.506 e. The molecule has 5 heteroatoms. The SMILES string of the molecule is CCCc1nc(-c2ccc(O)c(N)c2)n[nH]1. The number of aromatic nitrogens is 3. The molecule has 0 spiro atoms. The number of aromatic amines is 1. The molecule has 0 saturated heterocycles. The molecule has 16 heavy (non-hydrogen) atoms. The van der Waals surface area contributed by atoms with Crippen molar-refractivity contribution in [1.82, 2.24) is 15.2 Å². The van der Waals surface area contributed by atoms with Gasteiger partial charge in [0.15, 0.2) is 5.82 Å². The maximum Gasteiger partial charge on any atom is 0.181 e. The van der Waals surface area contributed by atoms with Crippen molar-refractivity contribution in [2.24, 2.45) is 0 Å². The van der Waals surface area contributed by atoms with E-state index in [1.165, 1.54) is 0 Å². The number of anilines is 1. The lowest BCUT2D eigenvalue weighted by molar-refractivity contribution is 0.478. The number of nitrogens with two attached hydrogens (primary N) is 1. The minimum absolute atomic E-state index is 0.0769. The first-order chi connectivity index (χ1) is 7.70. The van der Waals surface area contributed by atoms with E-state index in [2.05, 4.69) is 22.1 Å². The van der Waals surface area contributed by atoms with Crippen molar-refractivity contribution in [1.29, 1.82) is 0 Å². The Labute approximate surface area is 93.3 Å². The van der Waals surface area contributed by atoms with Gasteiger partial charge in [-0.2, -0.15) is 5.10 Å². The molecular formula is C11H14N4O. The van der Waals surface area contributed by atoms with Crippen molar-refractivity contribution >= 4 is 5.69 Å². The van der Waals surface area contributed by atoms with Crippen LogP contribution in [0, 0.1) is 0 Å². The van der Waals surface area contributed by atoms with E-state index < -0.39 is 0 Å². The van der Waals surface area contributed by atoms with Crippen LogP contribution in [0.2, 0.25) is 0 Å². The van der Waals surface area contributed by atoms with Gasteiger partial charge in [0.05, 0.1) is 5.69 Å². The molecule has 0 aliphatic rings. The van der Waals surface area contributed by atoms with Gasteiger partial charge in [-0.3, -0.25) is 5.10 Å². The van der Waals surface area contributed by atoms with E-state index in [1.54, 1.807) is 18.2 Å². The summed E-state index contributed by atoms with van der Waals surface area (Å²) in [6.07, 6.45) is 1.90. The number of hydrogen-bond donors (Lipinski definition) is 3. The summed E-state index contributed by atoms with van der Waals surface area (Å²) in [7, 11) is 0. The van der Waals surface area contributed by atoms with Crippen LogP contribution in [0.1, 0.15) is 19.2 Å². The maximum absolute atomic E-state index is 9.31. The Balaban J connectivity index is 2.31. The zero-order valence-corrected chi connectivity index (χ0v) is 9.07. The quantitative estimate of drug-likeness (QED) is 0.540. The topological polar surface area (TPSA) is 87.8 Å². The number of phenolic OH excluding ortho intramolecular Hbond substituents is 1. The number of hydrogen-bond acceptors (Lipinski definition) is 4. The van der Waals surface area contributed by atoms with Gasteiger partial charge in [-0.05, 0) is 24.6 Å². The summed E-state index contributed by atoms with van der Waals surface area (Å²) in [5, 5.41) is 16.3. The smallest absolute Gasteiger partial charge is 0.181 e. The Kier molecular flexibility index (Phi) is 2.76. The van der Waals surface area contributed by atoms with Crippen LogP contribution < -0.4 is 5.73 Å². The molecule has 1 heterocycles. The van der Waals surface area contributed by atoms with E-state index >= 15 is 0 Å². The van der Waals surface area contributed by atoms with E-state index in [4.69, 9.17) is 5.73 Å². The Morgan fingerprint density at radius 1 is 1.44 bits per heavy atom. The van der Waals surface area contributed by atoms with Crippen molar-refractivity contribution in [2.75, 3.05) is 5.73 Å². The number of nitrogens with zero attached hydrogens (tertiary/aromatic N) is 2. The fourth-order valence-corrected chi connectivity index (χ4v) is 1.47. The van der Waals surface area contributed by atoms with Crippen molar-refractivity contribution < 1.29 is 5.11 Å². The highest BCUT2D eigenvalue weighted by Gasteiger charge is 2.07. The lowest BCUT2D eigenvalue weighted by Gasteiger charge is -1.99. The van der Waals surface area contributed by atoms with Crippen LogP contribution in [0.3, 0.4) is 0 Å². The highest BCUT2D eigenvalue weighted by atomic mass is 16.3. The number of benzene rings is 1. The molecule has 0 fully saturated rings. The number of nitrogen functional groups attached to an aromatic ring is 1. The second kappa shape index (κ2) is 4.22. The van der Waals surface area contributed by atoms with Gasteiger partial charge in [0.1, 0.15) is 11.6 Å². The molecule has 0 radical (unpaired) electrons.